The number of likely N-dealkylation sites (tertiary alicyclic amines) is 1. The minimum Gasteiger partial charge on any atom is -0.462 e. The minimum atomic E-state index is -0.513. The Hall–Kier alpha value is -2.75. The number of ether oxygens (including phenoxy) is 1. The predicted octanol–water partition coefficient (Wildman–Crippen LogP) is 5.18. The number of nitrogens with zero attached hydrogens (tertiary/aromatic N) is 3. The van der Waals surface area contributed by atoms with Crippen LogP contribution in [0.3, 0.4) is 0 Å². The summed E-state index contributed by atoms with van der Waals surface area (Å²) in [5, 5.41) is 7.26. The number of carbonyl (C=O) groups excluding carboxylic acids is 2. The van der Waals surface area contributed by atoms with E-state index < -0.39 is 5.97 Å². The van der Waals surface area contributed by atoms with Gasteiger partial charge in [0, 0.05) is 21.6 Å². The fourth-order valence-electron chi connectivity index (χ4n) is 3.82. The van der Waals surface area contributed by atoms with Crippen LogP contribution in [0.1, 0.15) is 36.0 Å². The van der Waals surface area contributed by atoms with E-state index in [2.05, 4.69) is 36.3 Å². The Kier molecular flexibility index (Phi) is 7.97. The summed E-state index contributed by atoms with van der Waals surface area (Å²) in [6, 6.07) is 12.5. The van der Waals surface area contributed by atoms with E-state index in [-0.39, 0.29) is 29.0 Å². The Morgan fingerprint density at radius 2 is 2.03 bits per heavy atom. The van der Waals surface area contributed by atoms with Gasteiger partial charge in [0.2, 0.25) is 17.6 Å². The van der Waals surface area contributed by atoms with Gasteiger partial charge < -0.3 is 14.6 Å². The standard InChI is InChI=1S/C24H24BrClN4O4/c1-2-33-24(32)19-13-18(6-7-20(19)26)27-23(31)15-8-10-30(11-9-15)14-21-28-22(29-34-21)16-4-3-5-17(25)12-16/h3-7,12-13,15H,2,8-11,14H2,1H3,(H,27,31). The summed E-state index contributed by atoms with van der Waals surface area (Å²) >= 11 is 9.55. The number of piperidine rings is 1. The molecule has 0 spiro atoms. The molecule has 1 amide bonds. The molecular weight excluding hydrogens is 524 g/mol. The van der Waals surface area contributed by atoms with Gasteiger partial charge in [-0.1, -0.05) is 44.8 Å². The maximum absolute atomic E-state index is 12.8. The molecule has 0 bridgehead atoms. The number of carbonyl (C=O) groups is 2. The minimum absolute atomic E-state index is 0.0773. The molecule has 3 aromatic rings. The molecule has 2 heterocycles. The number of aromatic nitrogens is 2. The van der Waals surface area contributed by atoms with Crippen LogP contribution >= 0.6 is 27.5 Å². The summed E-state index contributed by atoms with van der Waals surface area (Å²) in [6.07, 6.45) is 1.41. The van der Waals surface area contributed by atoms with E-state index in [9.17, 15) is 9.59 Å². The van der Waals surface area contributed by atoms with E-state index in [0.717, 1.165) is 23.1 Å². The fraction of sp³-hybridized carbons (Fsp3) is 0.333. The lowest BCUT2D eigenvalue weighted by molar-refractivity contribution is -0.121. The monoisotopic (exact) mass is 546 g/mol. The van der Waals surface area contributed by atoms with Crippen LogP contribution in [-0.2, 0) is 16.1 Å². The molecule has 1 N–H and O–H groups in total. The van der Waals surface area contributed by atoms with E-state index in [1.165, 1.54) is 0 Å². The number of hydrogen-bond acceptors (Lipinski definition) is 7. The number of halogens is 2. The lowest BCUT2D eigenvalue weighted by Crippen LogP contribution is -2.37. The number of amides is 1. The number of hydrogen-bond donors (Lipinski definition) is 1. The molecule has 0 radical (unpaired) electrons. The molecule has 178 valence electrons. The fourth-order valence-corrected chi connectivity index (χ4v) is 4.42. The van der Waals surface area contributed by atoms with Crippen molar-refractivity contribution in [2.75, 3.05) is 25.0 Å². The van der Waals surface area contributed by atoms with Gasteiger partial charge in [0.25, 0.3) is 0 Å². The van der Waals surface area contributed by atoms with Gasteiger partial charge in [-0.25, -0.2) is 4.79 Å². The zero-order valence-electron chi connectivity index (χ0n) is 18.6. The van der Waals surface area contributed by atoms with E-state index in [0.29, 0.717) is 36.8 Å². The highest BCUT2D eigenvalue weighted by Gasteiger charge is 2.26. The highest BCUT2D eigenvalue weighted by atomic mass is 79.9. The van der Waals surface area contributed by atoms with Gasteiger partial charge in [0.05, 0.1) is 23.7 Å². The van der Waals surface area contributed by atoms with Crippen molar-refractivity contribution in [3.8, 4) is 11.4 Å². The molecule has 2 aromatic carbocycles. The topological polar surface area (TPSA) is 97.6 Å². The summed E-state index contributed by atoms with van der Waals surface area (Å²) < 4.78 is 11.4. The molecule has 1 saturated heterocycles. The molecule has 1 fully saturated rings. The number of anilines is 1. The third kappa shape index (κ3) is 6.02. The van der Waals surface area contributed by atoms with Gasteiger partial charge in [-0.3, -0.25) is 9.69 Å². The number of benzene rings is 2. The van der Waals surface area contributed by atoms with Crippen LogP contribution < -0.4 is 5.32 Å². The van der Waals surface area contributed by atoms with Crippen molar-refractivity contribution < 1.29 is 18.8 Å². The summed E-state index contributed by atoms with van der Waals surface area (Å²) in [5.74, 6) is 0.381. The van der Waals surface area contributed by atoms with Crippen LogP contribution in [0.4, 0.5) is 5.69 Å². The smallest absolute Gasteiger partial charge is 0.339 e. The number of nitrogens with one attached hydrogen (secondary N) is 1. The highest BCUT2D eigenvalue weighted by molar-refractivity contribution is 9.10. The first-order valence-corrected chi connectivity index (χ1v) is 12.2. The Balaban J connectivity index is 1.30. The van der Waals surface area contributed by atoms with Crippen molar-refractivity contribution in [2.45, 2.75) is 26.3 Å². The van der Waals surface area contributed by atoms with E-state index in [1.54, 1.807) is 25.1 Å². The second-order valence-corrected chi connectivity index (χ2v) is 9.30. The normalized spacial score (nSPS) is 14.7. The first-order chi connectivity index (χ1) is 16.4. The van der Waals surface area contributed by atoms with Crippen LogP contribution in [0.5, 0.6) is 0 Å². The Morgan fingerprint density at radius 1 is 1.24 bits per heavy atom. The van der Waals surface area contributed by atoms with E-state index in [1.807, 2.05) is 24.3 Å². The second kappa shape index (κ2) is 11.1. The van der Waals surface area contributed by atoms with Gasteiger partial charge in [0.1, 0.15) is 0 Å². The average Bonchev–Trinajstić information content (AvgIpc) is 3.29. The van der Waals surface area contributed by atoms with Crippen molar-refractivity contribution in [2.24, 2.45) is 5.92 Å². The first kappa shape index (κ1) is 24.4. The largest absolute Gasteiger partial charge is 0.462 e. The maximum atomic E-state index is 12.8. The quantitative estimate of drug-likeness (QED) is 0.407. The molecule has 0 unspecified atom stereocenters. The lowest BCUT2D eigenvalue weighted by atomic mass is 9.95. The van der Waals surface area contributed by atoms with Crippen LogP contribution in [0.2, 0.25) is 5.02 Å². The van der Waals surface area contributed by atoms with Gasteiger partial charge in [-0.2, -0.15) is 4.98 Å². The van der Waals surface area contributed by atoms with Crippen LogP contribution in [-0.4, -0.2) is 46.6 Å². The van der Waals surface area contributed by atoms with E-state index in [4.69, 9.17) is 20.9 Å². The van der Waals surface area contributed by atoms with Crippen molar-refractivity contribution in [1.29, 1.82) is 0 Å². The molecule has 10 heteroatoms. The van der Waals surface area contributed by atoms with E-state index >= 15 is 0 Å². The summed E-state index contributed by atoms with van der Waals surface area (Å²) in [7, 11) is 0. The Labute approximate surface area is 210 Å². The van der Waals surface area contributed by atoms with Crippen molar-refractivity contribution in [3.05, 3.63) is 63.4 Å². The third-order valence-corrected chi connectivity index (χ3v) is 6.42. The molecule has 0 aliphatic carbocycles. The SMILES string of the molecule is CCOC(=O)c1cc(NC(=O)C2CCN(Cc3nc(-c4cccc(Br)c4)no3)CC2)ccc1Cl. The molecule has 0 atom stereocenters. The van der Waals surface area contributed by atoms with Crippen molar-refractivity contribution in [1.82, 2.24) is 15.0 Å². The summed E-state index contributed by atoms with van der Waals surface area (Å²) in [4.78, 5) is 31.5. The zero-order chi connectivity index (χ0) is 24.1. The average molecular weight is 548 g/mol. The molecule has 1 aliphatic heterocycles. The van der Waals surface area contributed by atoms with Crippen LogP contribution in [0.15, 0.2) is 51.5 Å². The van der Waals surface area contributed by atoms with Gasteiger partial charge in [-0.05, 0) is 63.2 Å². The number of rotatable bonds is 7. The molecule has 34 heavy (non-hydrogen) atoms. The highest BCUT2D eigenvalue weighted by Crippen LogP contribution is 2.25. The lowest BCUT2D eigenvalue weighted by Gasteiger charge is -2.30. The van der Waals surface area contributed by atoms with Crippen LogP contribution in [0.25, 0.3) is 11.4 Å². The number of esters is 1. The van der Waals surface area contributed by atoms with Gasteiger partial charge in [0.15, 0.2) is 0 Å². The second-order valence-electron chi connectivity index (χ2n) is 7.98. The molecule has 0 saturated carbocycles. The third-order valence-electron chi connectivity index (χ3n) is 5.60. The maximum Gasteiger partial charge on any atom is 0.339 e. The Bertz CT molecular complexity index is 1180. The predicted molar refractivity (Wildman–Crippen MR) is 131 cm³/mol. The summed E-state index contributed by atoms with van der Waals surface area (Å²) in [5.41, 5.74) is 1.64. The molecule has 4 rings (SSSR count). The van der Waals surface area contributed by atoms with Crippen LogP contribution in [0, 0.1) is 5.92 Å². The molecule has 1 aliphatic rings. The molecule has 1 aromatic heterocycles. The van der Waals surface area contributed by atoms with Gasteiger partial charge >= 0.3 is 5.97 Å². The molecule has 8 nitrogen and oxygen atoms in total. The van der Waals surface area contributed by atoms with Crippen molar-refractivity contribution >= 4 is 45.1 Å². The first-order valence-electron chi connectivity index (χ1n) is 11.0. The summed E-state index contributed by atoms with van der Waals surface area (Å²) in [6.45, 7) is 3.99. The van der Waals surface area contributed by atoms with Gasteiger partial charge in [-0.15, -0.1) is 0 Å². The zero-order valence-corrected chi connectivity index (χ0v) is 20.9. The molecular formula is C24H24BrClN4O4. The Morgan fingerprint density at radius 3 is 2.76 bits per heavy atom. The van der Waals surface area contributed by atoms with Crippen molar-refractivity contribution in [3.63, 3.8) is 0 Å².